The van der Waals surface area contributed by atoms with Gasteiger partial charge in [0.15, 0.2) is 0 Å². The van der Waals surface area contributed by atoms with E-state index >= 15 is 0 Å². The van der Waals surface area contributed by atoms with Crippen LogP contribution in [0.25, 0.3) is 0 Å². The second kappa shape index (κ2) is 15.8. The molecule has 0 rings (SSSR count). The maximum atomic E-state index is 9.10. The van der Waals surface area contributed by atoms with Gasteiger partial charge in [0.1, 0.15) is 0 Å². The van der Waals surface area contributed by atoms with E-state index in [1.807, 2.05) is 0 Å². The number of rotatable bonds is 0. The fraction of sp³-hybridized carbons (Fsp3) is 0. The molecule has 0 bridgehead atoms. The molecule has 0 aromatic heterocycles. The summed E-state index contributed by atoms with van der Waals surface area (Å²) in [5.74, 6) is -3.65. The van der Waals surface area contributed by atoms with Crippen molar-refractivity contribution in [2.24, 2.45) is 0 Å². The molecule has 0 aliphatic rings. The molecular weight excluding hydrogens is 192 g/mol. The third-order valence-corrected chi connectivity index (χ3v) is 0.183. The quantitative estimate of drug-likeness (QED) is 0.308. The van der Waals surface area contributed by atoms with Crippen LogP contribution in [0.1, 0.15) is 0 Å². The van der Waals surface area contributed by atoms with E-state index in [9.17, 15) is 0 Å². The normalized spacial score (nSPS) is 4.40. The van der Waals surface area contributed by atoms with Crippen LogP contribution < -0.4 is 0 Å². The molecule has 0 atom stereocenters. The van der Waals surface area contributed by atoms with E-state index < -0.39 is 11.9 Å². The van der Waals surface area contributed by atoms with Crippen LogP contribution in [0, 0.1) is 0 Å². The minimum atomic E-state index is -1.82. The van der Waals surface area contributed by atoms with Gasteiger partial charge in [-0.3, -0.25) is 0 Å². The van der Waals surface area contributed by atoms with Crippen molar-refractivity contribution in [2.75, 3.05) is 0 Å². The van der Waals surface area contributed by atoms with Crippen LogP contribution in [0.2, 0.25) is 0 Å². The van der Waals surface area contributed by atoms with E-state index in [0.717, 1.165) is 0 Å². The zero-order valence-electron chi connectivity index (χ0n) is 4.56. The van der Waals surface area contributed by atoms with Gasteiger partial charge in [-0.05, 0) is 0 Å². The molecule has 66 valence electrons. The van der Waals surface area contributed by atoms with E-state index in [4.69, 9.17) is 19.8 Å². The molecule has 0 heterocycles. The van der Waals surface area contributed by atoms with Gasteiger partial charge in [-0.1, -0.05) is 0 Å². The van der Waals surface area contributed by atoms with Gasteiger partial charge in [-0.15, -0.1) is 0 Å². The Morgan fingerprint density at radius 1 is 0.800 bits per heavy atom. The van der Waals surface area contributed by atoms with Crippen LogP contribution in [0.3, 0.4) is 0 Å². The fourth-order valence-electron chi connectivity index (χ4n) is 0. The van der Waals surface area contributed by atoms with Gasteiger partial charge in [-0.25, -0.2) is 9.59 Å². The van der Waals surface area contributed by atoms with Crippen LogP contribution in [0.15, 0.2) is 0 Å². The Labute approximate surface area is 66.1 Å². The van der Waals surface area contributed by atoms with E-state index in [1.54, 1.807) is 0 Å². The SMILES string of the molecule is O.O.O.O=C(O)C(=O)O.[Fe]. The fourth-order valence-corrected chi connectivity index (χ4v) is 0. The Morgan fingerprint density at radius 3 is 0.900 bits per heavy atom. The third kappa shape index (κ3) is 26.4. The van der Waals surface area contributed by atoms with Crippen LogP contribution in [-0.2, 0) is 26.7 Å². The Kier molecular flexibility index (Phi) is 54.3. The standard InChI is InChI=1S/C2H2O4.Fe.3H2O/c3-1(4)2(5)6;;;;/h(H,3,4)(H,5,6);;3*1H2. The largest absolute Gasteiger partial charge is 0.473 e. The summed E-state index contributed by atoms with van der Waals surface area (Å²) in [7, 11) is 0. The molecule has 10 heavy (non-hydrogen) atoms. The molecule has 0 saturated heterocycles. The average Bonchev–Trinajstić information content (AvgIpc) is 1.36. The topological polar surface area (TPSA) is 169 Å². The summed E-state index contributed by atoms with van der Waals surface area (Å²) in [5, 5.41) is 14.8. The molecule has 0 amide bonds. The zero-order valence-corrected chi connectivity index (χ0v) is 5.67. The number of hydrogen-bond acceptors (Lipinski definition) is 2. The Bertz CT molecular complexity index is 77.6. The summed E-state index contributed by atoms with van der Waals surface area (Å²) in [5.41, 5.74) is 0. The Balaban J connectivity index is -0.0000000208. The average molecular weight is 200 g/mol. The van der Waals surface area contributed by atoms with Crippen LogP contribution in [-0.4, -0.2) is 38.6 Å². The molecule has 8 heteroatoms. The monoisotopic (exact) mass is 200 g/mol. The third-order valence-electron chi connectivity index (χ3n) is 0.183. The first kappa shape index (κ1) is 34.5. The maximum absolute atomic E-state index is 9.10. The van der Waals surface area contributed by atoms with Crippen molar-refractivity contribution < 1.29 is 53.3 Å². The van der Waals surface area contributed by atoms with Gasteiger partial charge in [-0.2, -0.15) is 0 Å². The van der Waals surface area contributed by atoms with Gasteiger partial charge < -0.3 is 26.6 Å². The van der Waals surface area contributed by atoms with Gasteiger partial charge in [0.25, 0.3) is 0 Å². The Hall–Kier alpha value is -0.661. The van der Waals surface area contributed by atoms with Gasteiger partial charge in [0, 0.05) is 17.1 Å². The number of aliphatic carboxylic acids is 2. The summed E-state index contributed by atoms with van der Waals surface area (Å²) in [6.07, 6.45) is 0. The summed E-state index contributed by atoms with van der Waals surface area (Å²) in [6.45, 7) is 0. The molecule has 0 aromatic carbocycles. The number of carboxylic acid groups (broad SMARTS) is 2. The first-order chi connectivity index (χ1) is 2.64. The predicted octanol–water partition coefficient (Wildman–Crippen LogP) is -3.32. The van der Waals surface area contributed by atoms with E-state index in [1.165, 1.54) is 0 Å². The maximum Gasteiger partial charge on any atom is 0.414 e. The first-order valence-electron chi connectivity index (χ1n) is 1.11. The van der Waals surface area contributed by atoms with Crippen molar-refractivity contribution >= 4 is 11.9 Å². The first-order valence-corrected chi connectivity index (χ1v) is 1.11. The minimum Gasteiger partial charge on any atom is -0.473 e. The minimum absolute atomic E-state index is 0. The van der Waals surface area contributed by atoms with E-state index in [2.05, 4.69) is 0 Å². The molecule has 0 aliphatic carbocycles. The summed E-state index contributed by atoms with van der Waals surface area (Å²) in [4.78, 5) is 18.2. The van der Waals surface area contributed by atoms with E-state index in [0.29, 0.717) is 0 Å². The second-order valence-corrected chi connectivity index (χ2v) is 0.610. The molecule has 0 saturated carbocycles. The molecular formula is C2H8FeO7. The van der Waals surface area contributed by atoms with Crippen LogP contribution >= 0.6 is 0 Å². The van der Waals surface area contributed by atoms with E-state index in [-0.39, 0.29) is 33.5 Å². The van der Waals surface area contributed by atoms with Crippen molar-refractivity contribution in [3.63, 3.8) is 0 Å². The molecule has 0 aromatic rings. The van der Waals surface area contributed by atoms with Crippen LogP contribution in [0.4, 0.5) is 0 Å². The molecule has 0 aliphatic heterocycles. The number of carboxylic acids is 2. The summed E-state index contributed by atoms with van der Waals surface area (Å²) >= 11 is 0. The summed E-state index contributed by atoms with van der Waals surface area (Å²) in [6, 6.07) is 0. The van der Waals surface area contributed by atoms with Crippen molar-refractivity contribution in [3.05, 3.63) is 0 Å². The molecule has 0 fully saturated rings. The van der Waals surface area contributed by atoms with Gasteiger partial charge in [0.05, 0.1) is 0 Å². The summed E-state index contributed by atoms with van der Waals surface area (Å²) < 4.78 is 0. The molecule has 8 N–H and O–H groups in total. The Morgan fingerprint density at radius 2 is 0.900 bits per heavy atom. The van der Waals surface area contributed by atoms with Crippen molar-refractivity contribution in [1.29, 1.82) is 0 Å². The number of carbonyl (C=O) groups is 2. The molecule has 0 spiro atoms. The molecule has 0 radical (unpaired) electrons. The second-order valence-electron chi connectivity index (χ2n) is 0.610. The predicted molar refractivity (Wildman–Crippen MR) is 26.1 cm³/mol. The van der Waals surface area contributed by atoms with Crippen LogP contribution in [0.5, 0.6) is 0 Å². The zero-order chi connectivity index (χ0) is 5.15. The van der Waals surface area contributed by atoms with Gasteiger partial charge in [0.2, 0.25) is 0 Å². The van der Waals surface area contributed by atoms with Crippen molar-refractivity contribution in [2.45, 2.75) is 0 Å². The van der Waals surface area contributed by atoms with Crippen molar-refractivity contribution in [1.82, 2.24) is 0 Å². The smallest absolute Gasteiger partial charge is 0.414 e. The van der Waals surface area contributed by atoms with Gasteiger partial charge >= 0.3 is 11.9 Å². The molecule has 7 nitrogen and oxygen atoms in total. The van der Waals surface area contributed by atoms with Crippen molar-refractivity contribution in [3.8, 4) is 0 Å². The number of hydrogen-bond donors (Lipinski definition) is 2. The molecule has 0 unspecified atom stereocenters.